The molecule has 0 aliphatic carbocycles. The lowest BCUT2D eigenvalue weighted by atomic mass is 10.2. The van der Waals surface area contributed by atoms with Gasteiger partial charge in [-0.25, -0.2) is 0 Å². The smallest absolute Gasteiger partial charge is 0.251 e. The van der Waals surface area contributed by atoms with Gasteiger partial charge in [0.2, 0.25) is 0 Å². The van der Waals surface area contributed by atoms with Gasteiger partial charge in [0.25, 0.3) is 5.91 Å². The number of allylic oxidation sites excluding steroid dienone is 3. The number of carbonyl (C=O) groups is 1. The number of aliphatic hydroxyl groups is 2. The highest BCUT2D eigenvalue weighted by atomic mass is 35.5. The third-order valence-electron chi connectivity index (χ3n) is 1.74. The van der Waals surface area contributed by atoms with Crippen molar-refractivity contribution >= 4 is 17.5 Å². The van der Waals surface area contributed by atoms with E-state index in [4.69, 9.17) is 27.5 Å². The molecular weight excluding hydrogens is 244 g/mol. The zero-order valence-corrected chi connectivity index (χ0v) is 10.3. The maximum absolute atomic E-state index is 11.6. The maximum atomic E-state index is 11.6. The topological polar surface area (TPSA) is 95.6 Å². The van der Waals surface area contributed by atoms with Gasteiger partial charge in [0.05, 0.1) is 12.7 Å². The third kappa shape index (κ3) is 7.57. The molecule has 1 amide bonds. The zero-order chi connectivity index (χ0) is 13.3. The van der Waals surface area contributed by atoms with Crippen LogP contribution in [0.5, 0.6) is 0 Å². The van der Waals surface area contributed by atoms with Crippen LogP contribution < -0.4 is 11.1 Å². The molecule has 0 radical (unpaired) electrons. The molecule has 0 aromatic carbocycles. The quantitative estimate of drug-likeness (QED) is 0.399. The lowest BCUT2D eigenvalue weighted by molar-refractivity contribution is -0.117. The molecule has 0 fully saturated rings. The van der Waals surface area contributed by atoms with Gasteiger partial charge < -0.3 is 21.3 Å². The van der Waals surface area contributed by atoms with Gasteiger partial charge in [0.1, 0.15) is 0 Å². The minimum Gasteiger partial charge on any atom is -0.402 e. The first kappa shape index (κ1) is 15.7. The summed E-state index contributed by atoms with van der Waals surface area (Å²) in [7, 11) is 0. The van der Waals surface area contributed by atoms with Gasteiger partial charge in [-0.3, -0.25) is 4.79 Å². The summed E-state index contributed by atoms with van der Waals surface area (Å²) < 4.78 is 0. The molecule has 0 aromatic rings. The van der Waals surface area contributed by atoms with Crippen molar-refractivity contribution in [3.05, 3.63) is 35.0 Å². The molecule has 1 atom stereocenters. The van der Waals surface area contributed by atoms with Crippen LogP contribution in [0.25, 0.3) is 0 Å². The lowest BCUT2D eigenvalue weighted by Gasteiger charge is -2.09. The SMILES string of the molecule is C\C(N)=C/C=C(\C=C\Cl)C(=O)NCC(O)CO. The van der Waals surface area contributed by atoms with E-state index in [9.17, 15) is 4.79 Å². The van der Waals surface area contributed by atoms with Crippen LogP contribution in [0, 0.1) is 0 Å². The summed E-state index contributed by atoms with van der Waals surface area (Å²) in [4.78, 5) is 11.6. The molecular formula is C11H17ClN2O3. The Labute approximate surface area is 105 Å². The molecule has 5 N–H and O–H groups in total. The van der Waals surface area contributed by atoms with Crippen molar-refractivity contribution in [2.24, 2.45) is 5.73 Å². The van der Waals surface area contributed by atoms with Gasteiger partial charge in [0.15, 0.2) is 0 Å². The first-order valence-corrected chi connectivity index (χ1v) is 5.42. The van der Waals surface area contributed by atoms with Gasteiger partial charge in [-0.2, -0.15) is 0 Å². The molecule has 0 spiro atoms. The first-order chi connectivity index (χ1) is 8.01. The van der Waals surface area contributed by atoms with E-state index in [1.807, 2.05) is 0 Å². The number of carbonyl (C=O) groups excluding carboxylic acids is 1. The van der Waals surface area contributed by atoms with Crippen LogP contribution in [0.1, 0.15) is 6.92 Å². The Kier molecular flexibility index (Phi) is 8.13. The van der Waals surface area contributed by atoms with Crippen molar-refractivity contribution in [2.45, 2.75) is 13.0 Å². The second-order valence-electron chi connectivity index (χ2n) is 3.37. The van der Waals surface area contributed by atoms with E-state index >= 15 is 0 Å². The molecule has 0 aliphatic heterocycles. The fourth-order valence-corrected chi connectivity index (χ4v) is 1.01. The predicted octanol–water partition coefficient (Wildman–Crippen LogP) is -0.00280. The van der Waals surface area contributed by atoms with Crippen LogP contribution in [0.15, 0.2) is 35.0 Å². The van der Waals surface area contributed by atoms with Crippen LogP contribution in [0.3, 0.4) is 0 Å². The summed E-state index contributed by atoms with van der Waals surface area (Å²) in [6.45, 7) is 1.24. The number of aliphatic hydroxyl groups excluding tert-OH is 2. The Bertz CT molecular complexity index is 334. The van der Waals surface area contributed by atoms with E-state index < -0.39 is 18.6 Å². The summed E-state index contributed by atoms with van der Waals surface area (Å²) in [5.74, 6) is -0.410. The molecule has 5 nitrogen and oxygen atoms in total. The Morgan fingerprint density at radius 1 is 1.53 bits per heavy atom. The second-order valence-corrected chi connectivity index (χ2v) is 3.62. The molecule has 0 bridgehead atoms. The highest BCUT2D eigenvalue weighted by Gasteiger charge is 2.08. The number of rotatable bonds is 6. The summed E-state index contributed by atoms with van der Waals surface area (Å²) in [5, 5.41) is 20.1. The van der Waals surface area contributed by atoms with E-state index in [0.717, 1.165) is 0 Å². The molecule has 0 aliphatic rings. The Hall–Kier alpha value is -1.30. The highest BCUT2D eigenvalue weighted by Crippen LogP contribution is 2.00. The molecule has 6 heteroatoms. The van der Waals surface area contributed by atoms with Crippen molar-refractivity contribution in [3.8, 4) is 0 Å². The first-order valence-electron chi connectivity index (χ1n) is 4.99. The molecule has 0 saturated heterocycles. The number of nitrogens with one attached hydrogen (secondary N) is 1. The molecule has 1 unspecified atom stereocenters. The standard InChI is InChI=1S/C11H17ClN2O3/c1-8(13)2-3-9(4-5-12)11(17)14-6-10(16)7-15/h2-5,10,15-16H,6-7,13H2,1H3,(H,14,17)/b5-4+,8-2+,9-3+. The van der Waals surface area contributed by atoms with E-state index in [2.05, 4.69) is 5.32 Å². The van der Waals surface area contributed by atoms with Crippen LogP contribution in [0.4, 0.5) is 0 Å². The average Bonchev–Trinajstić information content (AvgIpc) is 2.30. The van der Waals surface area contributed by atoms with Crippen LogP contribution in [0.2, 0.25) is 0 Å². The van der Waals surface area contributed by atoms with Gasteiger partial charge in [0, 0.05) is 23.4 Å². The minimum absolute atomic E-state index is 0.0336. The Morgan fingerprint density at radius 2 is 2.18 bits per heavy atom. The fourth-order valence-electron chi connectivity index (χ4n) is 0.873. The van der Waals surface area contributed by atoms with E-state index in [-0.39, 0.29) is 6.54 Å². The van der Waals surface area contributed by atoms with Crippen LogP contribution in [-0.4, -0.2) is 35.4 Å². The molecule has 0 aromatic heterocycles. The monoisotopic (exact) mass is 260 g/mol. The minimum atomic E-state index is -0.980. The number of hydrogen-bond acceptors (Lipinski definition) is 4. The number of halogens is 1. The normalized spacial score (nSPS) is 15.1. The van der Waals surface area contributed by atoms with Gasteiger partial charge in [-0.05, 0) is 25.2 Å². The van der Waals surface area contributed by atoms with Gasteiger partial charge in [-0.1, -0.05) is 11.6 Å². The van der Waals surface area contributed by atoms with Crippen molar-refractivity contribution in [1.82, 2.24) is 5.32 Å². The van der Waals surface area contributed by atoms with E-state index in [1.54, 1.807) is 13.0 Å². The van der Waals surface area contributed by atoms with Crippen LogP contribution >= 0.6 is 11.6 Å². The summed E-state index contributed by atoms with van der Waals surface area (Å²) in [6, 6.07) is 0. The van der Waals surface area contributed by atoms with Crippen molar-refractivity contribution in [2.75, 3.05) is 13.2 Å². The number of nitrogens with two attached hydrogens (primary N) is 1. The molecule has 0 rings (SSSR count). The van der Waals surface area contributed by atoms with Crippen molar-refractivity contribution in [1.29, 1.82) is 0 Å². The summed E-state index contributed by atoms with van der Waals surface area (Å²) in [6.07, 6.45) is 3.50. The molecule has 96 valence electrons. The number of hydrogen-bond donors (Lipinski definition) is 4. The van der Waals surface area contributed by atoms with Gasteiger partial charge >= 0.3 is 0 Å². The summed E-state index contributed by atoms with van der Waals surface area (Å²) >= 11 is 5.40. The van der Waals surface area contributed by atoms with E-state index in [0.29, 0.717) is 11.3 Å². The van der Waals surface area contributed by atoms with Crippen molar-refractivity contribution < 1.29 is 15.0 Å². The fraction of sp³-hybridized carbons (Fsp3) is 0.364. The molecule has 17 heavy (non-hydrogen) atoms. The zero-order valence-electron chi connectivity index (χ0n) is 9.56. The predicted molar refractivity (Wildman–Crippen MR) is 67.1 cm³/mol. The highest BCUT2D eigenvalue weighted by molar-refractivity contribution is 6.25. The Morgan fingerprint density at radius 3 is 2.65 bits per heavy atom. The summed E-state index contributed by atoms with van der Waals surface area (Å²) in [5.41, 5.74) is 7.49. The van der Waals surface area contributed by atoms with Crippen LogP contribution in [-0.2, 0) is 4.79 Å². The van der Waals surface area contributed by atoms with Gasteiger partial charge in [-0.15, -0.1) is 0 Å². The van der Waals surface area contributed by atoms with Crippen molar-refractivity contribution in [3.63, 3.8) is 0 Å². The third-order valence-corrected chi connectivity index (χ3v) is 1.87. The second kappa shape index (κ2) is 8.81. The molecule has 0 heterocycles. The maximum Gasteiger partial charge on any atom is 0.251 e. The molecule has 0 saturated carbocycles. The Balaban J connectivity index is 4.56. The average molecular weight is 261 g/mol. The largest absolute Gasteiger partial charge is 0.402 e. The number of amides is 1. The van der Waals surface area contributed by atoms with E-state index in [1.165, 1.54) is 17.7 Å². The lowest BCUT2D eigenvalue weighted by Crippen LogP contribution is -2.34.